The van der Waals surface area contributed by atoms with E-state index in [0.29, 0.717) is 0 Å². The number of rotatable bonds is 2. The maximum atomic E-state index is 13.3. The maximum absolute atomic E-state index is 13.3. The molecule has 0 aliphatic rings. The molecule has 0 bridgehead atoms. The Hall–Kier alpha value is -2.41. The van der Waals surface area contributed by atoms with Crippen molar-refractivity contribution in [1.82, 2.24) is 4.98 Å². The highest BCUT2D eigenvalue weighted by Crippen LogP contribution is 2.30. The lowest BCUT2D eigenvalue weighted by atomic mass is 10.3. The van der Waals surface area contributed by atoms with Crippen molar-refractivity contribution in [3.8, 4) is 11.6 Å². The van der Waals surface area contributed by atoms with Crippen LogP contribution in [0, 0.1) is 12.4 Å². The molecule has 3 nitrogen and oxygen atoms in total. The molecule has 1 aromatic heterocycles. The third-order valence-electron chi connectivity index (χ3n) is 1.91. The summed E-state index contributed by atoms with van der Waals surface area (Å²) in [7, 11) is 0. The van der Waals surface area contributed by atoms with Gasteiger partial charge in [0.15, 0.2) is 11.6 Å². The first-order valence-electron chi connectivity index (χ1n) is 4.56. The van der Waals surface area contributed by atoms with Gasteiger partial charge in [-0.15, -0.1) is 0 Å². The van der Waals surface area contributed by atoms with Crippen molar-refractivity contribution in [2.24, 2.45) is 0 Å². The average molecular weight is 214 g/mol. The van der Waals surface area contributed by atoms with Crippen LogP contribution in [0.3, 0.4) is 0 Å². The van der Waals surface area contributed by atoms with E-state index in [0.717, 1.165) is 0 Å². The van der Waals surface area contributed by atoms with Crippen LogP contribution in [0.4, 0.5) is 10.1 Å². The van der Waals surface area contributed by atoms with Crippen LogP contribution in [0.1, 0.15) is 0 Å². The summed E-state index contributed by atoms with van der Waals surface area (Å²) < 4.78 is 18.5. The minimum Gasteiger partial charge on any atom is -0.446 e. The minimum atomic E-state index is -0.482. The zero-order valence-corrected chi connectivity index (χ0v) is 8.22. The Balaban J connectivity index is 2.35. The van der Waals surface area contributed by atoms with E-state index in [-0.39, 0.29) is 17.3 Å². The van der Waals surface area contributed by atoms with Gasteiger partial charge in [0.05, 0.1) is 6.57 Å². The molecule has 0 atom stereocenters. The van der Waals surface area contributed by atoms with E-state index in [1.54, 1.807) is 24.3 Å². The summed E-state index contributed by atoms with van der Waals surface area (Å²) in [6.45, 7) is 6.92. The Bertz CT molecular complexity index is 549. The number of ether oxygens (including phenoxy) is 1. The molecule has 1 heterocycles. The summed E-state index contributed by atoms with van der Waals surface area (Å²) in [6.07, 6.45) is 1.49. The predicted octanol–water partition coefficient (Wildman–Crippen LogP) is 3.56. The molecule has 1 aromatic carbocycles. The van der Waals surface area contributed by atoms with Gasteiger partial charge in [0.25, 0.3) is 0 Å². The molecule has 0 spiro atoms. The van der Waals surface area contributed by atoms with Gasteiger partial charge < -0.3 is 4.74 Å². The van der Waals surface area contributed by atoms with Crippen LogP contribution in [0.25, 0.3) is 4.85 Å². The lowest BCUT2D eigenvalue weighted by Gasteiger charge is -2.06. The second-order valence-electron chi connectivity index (χ2n) is 2.97. The third kappa shape index (κ3) is 1.98. The summed E-state index contributed by atoms with van der Waals surface area (Å²) >= 11 is 0. The molecular weight excluding hydrogens is 207 g/mol. The van der Waals surface area contributed by atoms with E-state index in [9.17, 15) is 4.39 Å². The molecule has 0 amide bonds. The molecule has 0 unspecified atom stereocenters. The lowest BCUT2D eigenvalue weighted by Crippen LogP contribution is -1.90. The van der Waals surface area contributed by atoms with Crippen molar-refractivity contribution >= 4 is 5.69 Å². The van der Waals surface area contributed by atoms with Crippen LogP contribution < -0.4 is 4.74 Å². The highest BCUT2D eigenvalue weighted by molar-refractivity contribution is 5.54. The second kappa shape index (κ2) is 4.41. The average Bonchev–Trinajstić information content (AvgIpc) is 2.33. The van der Waals surface area contributed by atoms with E-state index in [2.05, 4.69) is 9.83 Å². The van der Waals surface area contributed by atoms with Gasteiger partial charge in [-0.1, -0.05) is 18.2 Å². The fraction of sp³-hybridized carbons (Fsp3) is 0. The van der Waals surface area contributed by atoms with Crippen LogP contribution >= 0.6 is 0 Å². The van der Waals surface area contributed by atoms with Crippen LogP contribution in [0.5, 0.6) is 11.6 Å². The van der Waals surface area contributed by atoms with Gasteiger partial charge in [-0.2, -0.15) is 0 Å². The number of hydrogen-bond acceptors (Lipinski definition) is 2. The molecule has 0 saturated heterocycles. The number of para-hydroxylation sites is 1. The number of nitrogens with zero attached hydrogens (tertiary/aromatic N) is 2. The molecule has 4 heteroatoms. The van der Waals surface area contributed by atoms with Crippen LogP contribution in [-0.4, -0.2) is 4.98 Å². The number of halogens is 1. The molecule has 0 N–H and O–H groups in total. The Morgan fingerprint density at radius 3 is 2.75 bits per heavy atom. The fourth-order valence-electron chi connectivity index (χ4n) is 1.18. The predicted molar refractivity (Wildman–Crippen MR) is 57.0 cm³/mol. The highest BCUT2D eigenvalue weighted by Gasteiger charge is 2.08. The Labute approximate surface area is 92.0 Å². The zero-order chi connectivity index (χ0) is 11.4. The number of benzene rings is 1. The minimum absolute atomic E-state index is 0.0612. The Morgan fingerprint density at radius 2 is 2.00 bits per heavy atom. The Kier molecular flexibility index (Phi) is 2.79. The van der Waals surface area contributed by atoms with Gasteiger partial charge in [-0.3, -0.25) is 0 Å². The SMILES string of the molecule is [C-]#[N+]c1cccnc1Oc1ccccc1F. The first-order chi connectivity index (χ1) is 7.81. The van der Waals surface area contributed by atoms with E-state index >= 15 is 0 Å². The zero-order valence-electron chi connectivity index (χ0n) is 8.22. The largest absolute Gasteiger partial charge is 0.446 e. The van der Waals surface area contributed by atoms with E-state index < -0.39 is 5.82 Å². The van der Waals surface area contributed by atoms with Crippen LogP contribution in [0.2, 0.25) is 0 Å². The normalized spacial score (nSPS) is 9.50. The van der Waals surface area contributed by atoms with Crippen molar-refractivity contribution in [2.75, 3.05) is 0 Å². The van der Waals surface area contributed by atoms with Crippen LogP contribution in [0.15, 0.2) is 42.6 Å². The topological polar surface area (TPSA) is 26.5 Å². The van der Waals surface area contributed by atoms with Crippen molar-refractivity contribution < 1.29 is 9.13 Å². The highest BCUT2D eigenvalue weighted by atomic mass is 19.1. The van der Waals surface area contributed by atoms with E-state index in [1.165, 1.54) is 18.3 Å². The molecular formula is C12H7FN2O. The quantitative estimate of drug-likeness (QED) is 0.714. The van der Waals surface area contributed by atoms with Gasteiger partial charge in [0.2, 0.25) is 11.6 Å². The first-order valence-corrected chi connectivity index (χ1v) is 4.56. The summed E-state index contributed by atoms with van der Waals surface area (Å²) in [6, 6.07) is 9.18. The Morgan fingerprint density at radius 1 is 1.19 bits per heavy atom. The molecule has 0 saturated carbocycles. The van der Waals surface area contributed by atoms with E-state index in [4.69, 9.17) is 11.3 Å². The van der Waals surface area contributed by atoms with Gasteiger partial charge in [0.1, 0.15) is 0 Å². The lowest BCUT2D eigenvalue weighted by molar-refractivity contribution is 0.430. The maximum Gasteiger partial charge on any atom is 0.247 e. The second-order valence-corrected chi connectivity index (χ2v) is 2.97. The van der Waals surface area contributed by atoms with Crippen molar-refractivity contribution in [3.63, 3.8) is 0 Å². The summed E-state index contributed by atoms with van der Waals surface area (Å²) in [5, 5.41) is 0. The number of pyridine rings is 1. The first kappa shape index (κ1) is 10.1. The van der Waals surface area contributed by atoms with Crippen molar-refractivity contribution in [2.45, 2.75) is 0 Å². The number of aromatic nitrogens is 1. The molecule has 2 aromatic rings. The van der Waals surface area contributed by atoms with Crippen molar-refractivity contribution in [3.05, 3.63) is 59.8 Å². The van der Waals surface area contributed by atoms with Gasteiger partial charge in [0, 0.05) is 6.20 Å². The monoisotopic (exact) mass is 214 g/mol. The fourth-order valence-corrected chi connectivity index (χ4v) is 1.18. The number of hydrogen-bond donors (Lipinski definition) is 0. The molecule has 0 aliphatic heterocycles. The summed E-state index contributed by atoms with van der Waals surface area (Å²) in [5.74, 6) is -0.308. The van der Waals surface area contributed by atoms with Crippen LogP contribution in [-0.2, 0) is 0 Å². The molecule has 78 valence electrons. The summed E-state index contributed by atoms with van der Waals surface area (Å²) in [5.41, 5.74) is 0.255. The molecule has 0 aliphatic carbocycles. The van der Waals surface area contributed by atoms with Gasteiger partial charge in [-0.05, 0) is 18.2 Å². The van der Waals surface area contributed by atoms with E-state index in [1.807, 2.05) is 0 Å². The molecule has 2 rings (SSSR count). The standard InChI is InChI=1S/C12H7FN2O/c1-14-10-6-4-8-15-12(10)16-11-7-3-2-5-9(11)13/h2-8H. The molecule has 16 heavy (non-hydrogen) atoms. The molecule has 0 fully saturated rings. The smallest absolute Gasteiger partial charge is 0.247 e. The third-order valence-corrected chi connectivity index (χ3v) is 1.91. The van der Waals surface area contributed by atoms with Gasteiger partial charge >= 0.3 is 0 Å². The summed E-state index contributed by atoms with van der Waals surface area (Å²) in [4.78, 5) is 7.12. The van der Waals surface area contributed by atoms with Gasteiger partial charge in [-0.25, -0.2) is 14.2 Å². The molecule has 0 radical (unpaired) electrons. The van der Waals surface area contributed by atoms with Crippen molar-refractivity contribution in [1.29, 1.82) is 0 Å².